The maximum atomic E-state index is 4.32. The van der Waals surface area contributed by atoms with Gasteiger partial charge in [-0.2, -0.15) is 0 Å². The Morgan fingerprint density at radius 2 is 1.60 bits per heavy atom. The van der Waals surface area contributed by atoms with Crippen molar-refractivity contribution in [1.82, 2.24) is 14.8 Å². The molecule has 0 amide bonds. The first-order chi connectivity index (χ1) is 9.74. The van der Waals surface area contributed by atoms with Crippen LogP contribution < -0.4 is 0 Å². The number of nitrogens with zero attached hydrogens (tertiary/aromatic N) is 3. The lowest BCUT2D eigenvalue weighted by Gasteiger charge is -2.04. The summed E-state index contributed by atoms with van der Waals surface area (Å²) >= 11 is 0. The van der Waals surface area contributed by atoms with Crippen LogP contribution in [0.15, 0.2) is 54.6 Å². The Labute approximate surface area is 118 Å². The number of hydrogen-bond donors (Lipinski definition) is 0. The highest BCUT2D eigenvalue weighted by Gasteiger charge is 2.10. The van der Waals surface area contributed by atoms with Crippen LogP contribution in [0.4, 0.5) is 0 Å². The number of aromatic nitrogens is 3. The Hall–Kier alpha value is -2.42. The Bertz CT molecular complexity index is 697. The quantitative estimate of drug-likeness (QED) is 0.725. The summed E-state index contributed by atoms with van der Waals surface area (Å²) in [7, 11) is 2.02. The van der Waals surface area contributed by atoms with Gasteiger partial charge in [-0.15, -0.1) is 10.2 Å². The van der Waals surface area contributed by atoms with Crippen molar-refractivity contribution in [3.05, 3.63) is 71.5 Å². The molecule has 0 spiro atoms. The molecule has 0 aliphatic heterocycles. The van der Waals surface area contributed by atoms with Gasteiger partial charge >= 0.3 is 0 Å². The first-order valence-electron chi connectivity index (χ1n) is 6.73. The number of aryl methyl sites for hydroxylation is 1. The van der Waals surface area contributed by atoms with E-state index in [1.165, 1.54) is 11.1 Å². The van der Waals surface area contributed by atoms with Crippen LogP contribution in [0.1, 0.15) is 17.0 Å². The van der Waals surface area contributed by atoms with Gasteiger partial charge in [0.2, 0.25) is 0 Å². The molecule has 0 saturated heterocycles. The van der Waals surface area contributed by atoms with Crippen molar-refractivity contribution in [1.29, 1.82) is 0 Å². The summed E-state index contributed by atoms with van der Waals surface area (Å²) in [6, 6.07) is 18.7. The highest BCUT2D eigenvalue weighted by molar-refractivity contribution is 5.54. The van der Waals surface area contributed by atoms with E-state index >= 15 is 0 Å². The molecule has 0 bridgehead atoms. The fourth-order valence-electron chi connectivity index (χ4n) is 2.24. The standard InChI is InChI=1S/C17H17N3/c1-13-8-10-14(11-9-13)12-16-18-19-17(20(16)2)15-6-4-3-5-7-15/h3-11H,12H2,1-2H3. The van der Waals surface area contributed by atoms with E-state index in [0.29, 0.717) is 0 Å². The molecule has 0 aliphatic rings. The lowest BCUT2D eigenvalue weighted by molar-refractivity contribution is 0.826. The van der Waals surface area contributed by atoms with Crippen LogP contribution in [-0.4, -0.2) is 14.8 Å². The van der Waals surface area contributed by atoms with Crippen molar-refractivity contribution in [2.75, 3.05) is 0 Å². The first-order valence-corrected chi connectivity index (χ1v) is 6.73. The molecule has 2 aromatic carbocycles. The Balaban J connectivity index is 1.89. The average Bonchev–Trinajstić information content (AvgIpc) is 2.84. The predicted molar refractivity (Wildman–Crippen MR) is 80.4 cm³/mol. The molecule has 0 aliphatic carbocycles. The van der Waals surface area contributed by atoms with Gasteiger partial charge in [0, 0.05) is 19.0 Å². The number of hydrogen-bond acceptors (Lipinski definition) is 2. The molecule has 0 N–H and O–H groups in total. The molecule has 1 aromatic heterocycles. The van der Waals surface area contributed by atoms with E-state index < -0.39 is 0 Å². The maximum Gasteiger partial charge on any atom is 0.163 e. The monoisotopic (exact) mass is 263 g/mol. The molecule has 0 saturated carbocycles. The van der Waals surface area contributed by atoms with Gasteiger partial charge in [0.1, 0.15) is 5.82 Å². The molecule has 0 atom stereocenters. The van der Waals surface area contributed by atoms with E-state index in [-0.39, 0.29) is 0 Å². The fraction of sp³-hybridized carbons (Fsp3) is 0.176. The largest absolute Gasteiger partial charge is 0.314 e. The maximum absolute atomic E-state index is 4.32. The molecule has 3 heteroatoms. The zero-order chi connectivity index (χ0) is 13.9. The second-order valence-electron chi connectivity index (χ2n) is 5.03. The van der Waals surface area contributed by atoms with Gasteiger partial charge in [-0.25, -0.2) is 0 Å². The molecule has 1 heterocycles. The molecular weight excluding hydrogens is 246 g/mol. The van der Waals surface area contributed by atoms with Crippen molar-refractivity contribution in [3.63, 3.8) is 0 Å². The molecule has 100 valence electrons. The minimum Gasteiger partial charge on any atom is -0.314 e. The third-order valence-electron chi connectivity index (χ3n) is 3.48. The van der Waals surface area contributed by atoms with E-state index in [2.05, 4.69) is 58.1 Å². The summed E-state index contributed by atoms with van der Waals surface area (Å²) in [5.74, 6) is 1.89. The van der Waals surface area contributed by atoms with E-state index in [1.54, 1.807) is 0 Å². The summed E-state index contributed by atoms with van der Waals surface area (Å²) in [5, 5.41) is 8.64. The highest BCUT2D eigenvalue weighted by atomic mass is 15.3. The average molecular weight is 263 g/mol. The van der Waals surface area contributed by atoms with Gasteiger partial charge in [0.25, 0.3) is 0 Å². The molecular formula is C17H17N3. The van der Waals surface area contributed by atoms with Crippen LogP contribution in [0.25, 0.3) is 11.4 Å². The van der Waals surface area contributed by atoms with Crippen LogP contribution in [0.5, 0.6) is 0 Å². The molecule has 3 rings (SSSR count). The summed E-state index contributed by atoms with van der Waals surface area (Å²) in [5.41, 5.74) is 3.63. The van der Waals surface area contributed by atoms with Gasteiger partial charge in [0.15, 0.2) is 5.82 Å². The Morgan fingerprint density at radius 1 is 0.900 bits per heavy atom. The molecule has 0 unspecified atom stereocenters. The fourth-order valence-corrected chi connectivity index (χ4v) is 2.24. The van der Waals surface area contributed by atoms with Gasteiger partial charge in [0.05, 0.1) is 0 Å². The van der Waals surface area contributed by atoms with Crippen LogP contribution >= 0.6 is 0 Å². The van der Waals surface area contributed by atoms with Gasteiger partial charge in [-0.1, -0.05) is 60.2 Å². The van der Waals surface area contributed by atoms with E-state index in [1.807, 2.05) is 25.2 Å². The third kappa shape index (κ3) is 2.48. The summed E-state index contributed by atoms with van der Waals surface area (Å²) in [4.78, 5) is 0. The van der Waals surface area contributed by atoms with Crippen molar-refractivity contribution in [2.24, 2.45) is 7.05 Å². The van der Waals surface area contributed by atoms with Crippen molar-refractivity contribution >= 4 is 0 Å². The van der Waals surface area contributed by atoms with Gasteiger partial charge < -0.3 is 4.57 Å². The van der Waals surface area contributed by atoms with E-state index in [9.17, 15) is 0 Å². The van der Waals surface area contributed by atoms with Crippen molar-refractivity contribution < 1.29 is 0 Å². The van der Waals surface area contributed by atoms with E-state index in [0.717, 1.165) is 23.6 Å². The highest BCUT2D eigenvalue weighted by Crippen LogP contribution is 2.18. The zero-order valence-corrected chi connectivity index (χ0v) is 11.7. The SMILES string of the molecule is Cc1ccc(Cc2nnc(-c3ccccc3)n2C)cc1. The van der Waals surface area contributed by atoms with Crippen LogP contribution in [0, 0.1) is 6.92 Å². The first kappa shape index (κ1) is 12.6. The van der Waals surface area contributed by atoms with Crippen LogP contribution in [0.2, 0.25) is 0 Å². The lowest BCUT2D eigenvalue weighted by Crippen LogP contribution is -2.00. The van der Waals surface area contributed by atoms with E-state index in [4.69, 9.17) is 0 Å². The second kappa shape index (κ2) is 5.29. The predicted octanol–water partition coefficient (Wildman–Crippen LogP) is 3.38. The van der Waals surface area contributed by atoms with Gasteiger partial charge in [-0.05, 0) is 12.5 Å². The minimum absolute atomic E-state index is 0.802. The molecule has 3 nitrogen and oxygen atoms in total. The molecule has 0 fully saturated rings. The normalized spacial score (nSPS) is 10.7. The van der Waals surface area contributed by atoms with Gasteiger partial charge in [-0.3, -0.25) is 0 Å². The topological polar surface area (TPSA) is 30.7 Å². The number of rotatable bonds is 3. The van der Waals surface area contributed by atoms with Crippen molar-refractivity contribution in [3.8, 4) is 11.4 Å². The Morgan fingerprint density at radius 3 is 2.30 bits per heavy atom. The summed E-state index contributed by atoms with van der Waals surface area (Å²) in [6.45, 7) is 2.10. The second-order valence-corrected chi connectivity index (χ2v) is 5.03. The number of benzene rings is 2. The molecule has 0 radical (unpaired) electrons. The third-order valence-corrected chi connectivity index (χ3v) is 3.48. The summed E-state index contributed by atoms with van der Waals surface area (Å²) < 4.78 is 2.06. The van der Waals surface area contributed by atoms with Crippen LogP contribution in [0.3, 0.4) is 0 Å². The summed E-state index contributed by atoms with van der Waals surface area (Å²) in [6.07, 6.45) is 0.802. The zero-order valence-electron chi connectivity index (χ0n) is 11.7. The van der Waals surface area contributed by atoms with Crippen molar-refractivity contribution in [2.45, 2.75) is 13.3 Å². The Kier molecular flexibility index (Phi) is 3.33. The minimum atomic E-state index is 0.802. The van der Waals surface area contributed by atoms with Crippen LogP contribution in [-0.2, 0) is 13.5 Å². The molecule has 3 aromatic rings. The molecule has 20 heavy (non-hydrogen) atoms. The smallest absolute Gasteiger partial charge is 0.163 e. The lowest BCUT2D eigenvalue weighted by atomic mass is 10.1.